The molecule has 0 aliphatic carbocycles. The van der Waals surface area contributed by atoms with E-state index >= 15 is 0 Å². The van der Waals surface area contributed by atoms with E-state index in [1.807, 2.05) is 0 Å². The minimum absolute atomic E-state index is 0.764. The van der Waals surface area contributed by atoms with E-state index in [0.29, 0.717) is 0 Å². The van der Waals surface area contributed by atoms with E-state index in [2.05, 4.69) is 9.50 Å². The van der Waals surface area contributed by atoms with Crippen molar-refractivity contribution < 1.29 is 91.6 Å². The number of aliphatic hydroxyl groups excluding tert-OH is 9. The third kappa shape index (κ3) is 8.04. The number of hydrogen-bond acceptors (Lipinski definition) is 19. The monoisotopic (exact) mass is 624 g/mol. The largest absolute Gasteiger partial charge is 0.726 e. The van der Waals surface area contributed by atoms with E-state index in [1.165, 1.54) is 0 Å². The van der Waals surface area contributed by atoms with Crippen LogP contribution >= 0.6 is 0 Å². The first-order chi connectivity index (χ1) is 19.1. The van der Waals surface area contributed by atoms with Crippen molar-refractivity contribution in [3.8, 4) is 0 Å². The van der Waals surface area contributed by atoms with Crippen LogP contribution in [0.2, 0.25) is 0 Å². The van der Waals surface area contributed by atoms with Crippen LogP contribution in [0.1, 0.15) is 6.92 Å². The second kappa shape index (κ2) is 14.0. The average Bonchev–Trinajstić information content (AvgIpc) is 2.90. The normalized spacial score (nSPS) is 45.8. The van der Waals surface area contributed by atoms with Crippen LogP contribution in [0, 0.1) is 0 Å². The number of carbonyl (C=O) groups excluding carboxylic acids is 1. The van der Waals surface area contributed by atoms with Crippen LogP contribution in [-0.2, 0) is 43.1 Å². The molecule has 1 amide bonds. The van der Waals surface area contributed by atoms with Crippen LogP contribution in [0.3, 0.4) is 0 Å². The highest BCUT2D eigenvalue weighted by Crippen LogP contribution is 2.32. The Bertz CT molecular complexity index is 970. The smallest absolute Gasteiger partial charge is 0.217 e. The minimum Gasteiger partial charge on any atom is -0.726 e. The molecule has 0 radical (unpaired) electrons. The maximum absolute atomic E-state index is 11.9. The molecule has 0 aromatic carbocycles. The van der Waals surface area contributed by atoms with E-state index in [9.17, 15) is 63.7 Å². The number of carbonyl (C=O) groups is 1. The van der Waals surface area contributed by atoms with E-state index in [0.717, 1.165) is 6.92 Å². The Labute approximate surface area is 232 Å². The fraction of sp³-hybridized carbons (Fsp3) is 0.950. The maximum Gasteiger partial charge on any atom is 0.217 e. The Kier molecular flexibility index (Phi) is 11.7. The predicted molar refractivity (Wildman–Crippen MR) is 121 cm³/mol. The van der Waals surface area contributed by atoms with Crippen molar-refractivity contribution in [2.24, 2.45) is 0 Å². The molecule has 0 bridgehead atoms. The van der Waals surface area contributed by atoms with Gasteiger partial charge in [0.1, 0.15) is 73.2 Å². The van der Waals surface area contributed by atoms with Crippen LogP contribution in [-0.4, -0.2) is 177 Å². The Morgan fingerprint density at radius 3 is 1.90 bits per heavy atom. The summed E-state index contributed by atoms with van der Waals surface area (Å²) in [7, 11) is -5.24. The zero-order valence-electron chi connectivity index (χ0n) is 21.3. The number of nitrogens with one attached hydrogen (secondary N) is 1. The Morgan fingerprint density at radius 1 is 0.756 bits per heavy atom. The van der Waals surface area contributed by atoms with Gasteiger partial charge in [0.05, 0.1) is 19.8 Å². The fourth-order valence-corrected chi connectivity index (χ4v) is 4.90. The van der Waals surface area contributed by atoms with Gasteiger partial charge < -0.3 is 79.5 Å². The molecule has 3 aliphatic heterocycles. The summed E-state index contributed by atoms with van der Waals surface area (Å²) in [6.07, 6.45) is -25.2. The number of ether oxygens (including phenoxy) is 5. The summed E-state index contributed by atoms with van der Waals surface area (Å²) < 4.78 is 63.2. The van der Waals surface area contributed by atoms with Crippen LogP contribution in [0.5, 0.6) is 0 Å². The lowest BCUT2D eigenvalue weighted by atomic mass is 9.94. The van der Waals surface area contributed by atoms with Gasteiger partial charge in [0.25, 0.3) is 0 Å². The molecule has 3 fully saturated rings. The number of aliphatic hydroxyl groups is 9. The zero-order chi connectivity index (χ0) is 30.8. The van der Waals surface area contributed by atoms with Gasteiger partial charge >= 0.3 is 0 Å². The third-order valence-electron chi connectivity index (χ3n) is 6.69. The van der Waals surface area contributed by atoms with Crippen LogP contribution < -0.4 is 5.32 Å². The Hall–Kier alpha value is -1.22. The lowest BCUT2D eigenvalue weighted by molar-refractivity contribution is -0.365. The molecule has 0 unspecified atom stereocenters. The van der Waals surface area contributed by atoms with Crippen molar-refractivity contribution >= 4 is 16.3 Å². The standard InChI is InChI=1S/C20H35NO19S/c1-5(24)21-9-12(27)16(39-20-14(29)13(28)10(25)6(2-22)37-20)7(3-23)38-19(9)40-17-11(26)8(4-35-41(32,33)34)36-18(31)15(17)30/h6-20,22-23,25-31H,2-4H2,1H3,(H,21,24)(H,32,33,34)/p-1/t6-,7-,8-,9-,10+,11+,12-,13+,14-,15-,16-,17+,18-,19+,20+/m1/s1. The summed E-state index contributed by atoms with van der Waals surface area (Å²) in [5.74, 6) is -0.764. The van der Waals surface area contributed by atoms with Gasteiger partial charge in [-0.3, -0.25) is 8.98 Å². The SMILES string of the molecule is CC(=O)N[C@H]1[C@H](O[C@@H]2[C@@H](O)[C@H](O)O[C@H](COS(=O)(=O)[O-])[C@@H]2O)O[C@H](CO)[C@@H](O[C@@H]2O[C@H](CO)[C@H](O)[C@H](O)[C@H]2O)[C@@H]1O. The number of amides is 1. The predicted octanol–water partition coefficient (Wildman–Crippen LogP) is -7.94. The first-order valence-corrected chi connectivity index (χ1v) is 13.6. The van der Waals surface area contributed by atoms with Crippen LogP contribution in [0.4, 0.5) is 0 Å². The molecule has 3 saturated heterocycles. The molecule has 21 heteroatoms. The Balaban J connectivity index is 1.82. The minimum atomic E-state index is -5.24. The molecular weight excluding hydrogens is 590 g/mol. The number of rotatable bonds is 10. The molecular formula is C20H34NO19S-. The van der Waals surface area contributed by atoms with Gasteiger partial charge in [-0.05, 0) is 0 Å². The second-order valence-electron chi connectivity index (χ2n) is 9.58. The quantitative estimate of drug-likeness (QED) is 0.0796. The highest BCUT2D eigenvalue weighted by atomic mass is 32.3. The second-order valence-corrected chi connectivity index (χ2v) is 10.6. The average molecular weight is 625 g/mol. The third-order valence-corrected chi connectivity index (χ3v) is 7.12. The van der Waals surface area contributed by atoms with Gasteiger partial charge in [-0.2, -0.15) is 0 Å². The zero-order valence-corrected chi connectivity index (χ0v) is 22.1. The van der Waals surface area contributed by atoms with E-state index in [4.69, 9.17) is 23.7 Å². The lowest BCUT2D eigenvalue weighted by Crippen LogP contribution is -2.69. The van der Waals surface area contributed by atoms with E-state index < -0.39 is 128 Å². The topological polar surface area (TPSA) is 324 Å². The van der Waals surface area contributed by atoms with E-state index in [1.54, 1.807) is 0 Å². The highest BCUT2D eigenvalue weighted by Gasteiger charge is 2.54. The molecule has 0 aromatic heterocycles. The molecule has 3 aliphatic rings. The van der Waals surface area contributed by atoms with Crippen molar-refractivity contribution in [1.82, 2.24) is 5.32 Å². The molecule has 240 valence electrons. The molecule has 0 saturated carbocycles. The van der Waals surface area contributed by atoms with Crippen molar-refractivity contribution in [3.63, 3.8) is 0 Å². The van der Waals surface area contributed by atoms with Gasteiger partial charge in [0.15, 0.2) is 18.9 Å². The van der Waals surface area contributed by atoms with Gasteiger partial charge in [-0.1, -0.05) is 0 Å². The summed E-state index contributed by atoms with van der Waals surface area (Å²) in [6, 6.07) is -1.61. The molecule has 3 heterocycles. The molecule has 20 nitrogen and oxygen atoms in total. The summed E-state index contributed by atoms with van der Waals surface area (Å²) in [5.41, 5.74) is 0. The number of hydrogen-bond donors (Lipinski definition) is 10. The van der Waals surface area contributed by atoms with Gasteiger partial charge in [0, 0.05) is 6.92 Å². The first kappa shape index (κ1) is 34.3. The molecule has 3 rings (SSSR count). The highest BCUT2D eigenvalue weighted by molar-refractivity contribution is 7.80. The van der Waals surface area contributed by atoms with Crippen molar-refractivity contribution in [2.45, 2.75) is 99.0 Å². The molecule has 0 aromatic rings. The summed E-state index contributed by atoms with van der Waals surface area (Å²) in [6.45, 7) is -1.76. The van der Waals surface area contributed by atoms with Gasteiger partial charge in [-0.15, -0.1) is 0 Å². The molecule has 10 N–H and O–H groups in total. The summed E-state index contributed by atoms with van der Waals surface area (Å²) in [5, 5.41) is 94.0. The van der Waals surface area contributed by atoms with Gasteiger partial charge in [-0.25, -0.2) is 8.42 Å². The molecule has 15 atom stereocenters. The van der Waals surface area contributed by atoms with Crippen molar-refractivity contribution in [2.75, 3.05) is 19.8 Å². The summed E-state index contributed by atoms with van der Waals surface area (Å²) >= 11 is 0. The maximum atomic E-state index is 11.9. The van der Waals surface area contributed by atoms with Gasteiger partial charge in [0.2, 0.25) is 16.3 Å². The van der Waals surface area contributed by atoms with Crippen molar-refractivity contribution in [3.05, 3.63) is 0 Å². The first-order valence-electron chi connectivity index (χ1n) is 12.2. The van der Waals surface area contributed by atoms with E-state index in [-0.39, 0.29) is 0 Å². The molecule has 41 heavy (non-hydrogen) atoms. The molecule has 0 spiro atoms. The van der Waals surface area contributed by atoms with Crippen molar-refractivity contribution in [1.29, 1.82) is 0 Å². The Morgan fingerprint density at radius 2 is 1.34 bits per heavy atom. The van der Waals surface area contributed by atoms with Crippen LogP contribution in [0.15, 0.2) is 0 Å². The van der Waals surface area contributed by atoms with Crippen LogP contribution in [0.25, 0.3) is 0 Å². The fourth-order valence-electron chi connectivity index (χ4n) is 4.59. The lowest BCUT2D eigenvalue weighted by Gasteiger charge is -2.49. The summed E-state index contributed by atoms with van der Waals surface area (Å²) in [4.78, 5) is 11.9.